The summed E-state index contributed by atoms with van der Waals surface area (Å²) in [5.74, 6) is 1.15. The van der Waals surface area contributed by atoms with Crippen molar-refractivity contribution in [2.24, 2.45) is 0 Å². The lowest BCUT2D eigenvalue weighted by molar-refractivity contribution is -0.00157. The Kier molecular flexibility index (Phi) is 7.88. The van der Waals surface area contributed by atoms with Gasteiger partial charge in [0.25, 0.3) is 6.43 Å². The van der Waals surface area contributed by atoms with E-state index in [1.165, 1.54) is 4.57 Å². The predicted octanol–water partition coefficient (Wildman–Crippen LogP) is 3.98. The number of morpholine rings is 1. The highest BCUT2D eigenvalue weighted by Gasteiger charge is 2.25. The molecule has 5 rings (SSSR count). The predicted molar refractivity (Wildman–Crippen MR) is 132 cm³/mol. The first-order chi connectivity index (χ1) is 17.6. The highest BCUT2D eigenvalue weighted by atomic mass is 19.3. The Morgan fingerprint density at radius 2 is 1.78 bits per heavy atom. The molecule has 2 fully saturated rings. The second kappa shape index (κ2) is 11.4. The first-order valence-electron chi connectivity index (χ1n) is 12.5. The summed E-state index contributed by atoms with van der Waals surface area (Å²) in [5, 5.41) is 3.47. The van der Waals surface area contributed by atoms with Crippen molar-refractivity contribution in [3.8, 4) is 5.82 Å². The van der Waals surface area contributed by atoms with Crippen LogP contribution in [0.2, 0.25) is 0 Å². The molecular weight excluding hydrogens is 470 g/mol. The topological polar surface area (TPSA) is 86.6 Å². The first kappa shape index (κ1) is 24.8. The first-order valence-corrected chi connectivity index (χ1v) is 12.5. The molecule has 3 aromatic rings. The van der Waals surface area contributed by atoms with Crippen LogP contribution in [-0.4, -0.2) is 78.3 Å². The van der Waals surface area contributed by atoms with E-state index in [-0.39, 0.29) is 18.0 Å². The molecule has 9 nitrogen and oxygen atoms in total. The van der Waals surface area contributed by atoms with E-state index in [9.17, 15) is 8.78 Å². The summed E-state index contributed by atoms with van der Waals surface area (Å²) in [7, 11) is 1.67. The molecule has 3 heterocycles. The maximum atomic E-state index is 14.0. The van der Waals surface area contributed by atoms with Gasteiger partial charge in [-0.05, 0) is 37.8 Å². The molecular formula is C25H32F2N6O3. The number of para-hydroxylation sites is 2. The molecule has 1 saturated carbocycles. The van der Waals surface area contributed by atoms with Crippen LogP contribution in [0.5, 0.6) is 0 Å². The molecule has 0 bridgehead atoms. The molecule has 194 valence electrons. The average molecular weight is 503 g/mol. The number of alkyl halides is 2. The molecule has 1 aliphatic heterocycles. The van der Waals surface area contributed by atoms with E-state index in [2.05, 4.69) is 15.2 Å². The minimum atomic E-state index is -2.75. The van der Waals surface area contributed by atoms with Gasteiger partial charge < -0.3 is 24.4 Å². The third-order valence-corrected chi connectivity index (χ3v) is 6.69. The molecule has 0 spiro atoms. The quantitative estimate of drug-likeness (QED) is 0.440. The van der Waals surface area contributed by atoms with Gasteiger partial charge in [-0.2, -0.15) is 9.97 Å². The van der Waals surface area contributed by atoms with Crippen molar-refractivity contribution >= 4 is 22.8 Å². The van der Waals surface area contributed by atoms with Gasteiger partial charge in [0.15, 0.2) is 5.82 Å². The largest absolute Gasteiger partial charge is 0.382 e. The summed E-state index contributed by atoms with van der Waals surface area (Å²) in [6.45, 7) is 3.71. The number of methoxy groups -OCH3 is 1. The molecule has 11 heteroatoms. The van der Waals surface area contributed by atoms with Crippen molar-refractivity contribution < 1.29 is 23.0 Å². The molecule has 0 atom stereocenters. The van der Waals surface area contributed by atoms with Crippen molar-refractivity contribution in [1.82, 2.24) is 19.5 Å². The Morgan fingerprint density at radius 3 is 2.53 bits per heavy atom. The third-order valence-electron chi connectivity index (χ3n) is 6.69. The number of aromatic nitrogens is 4. The summed E-state index contributed by atoms with van der Waals surface area (Å²) < 4.78 is 46.0. The van der Waals surface area contributed by atoms with Gasteiger partial charge in [-0.15, -0.1) is 0 Å². The summed E-state index contributed by atoms with van der Waals surface area (Å²) in [5.41, 5.74) is 1.08. The summed E-state index contributed by atoms with van der Waals surface area (Å²) >= 11 is 0. The number of halogens is 2. The van der Waals surface area contributed by atoms with Crippen LogP contribution in [0.3, 0.4) is 0 Å². The molecule has 1 aromatic carbocycles. The zero-order valence-corrected chi connectivity index (χ0v) is 20.4. The number of ether oxygens (including phenoxy) is 3. The van der Waals surface area contributed by atoms with E-state index >= 15 is 0 Å². The minimum Gasteiger partial charge on any atom is -0.382 e. The zero-order chi connectivity index (χ0) is 24.9. The van der Waals surface area contributed by atoms with Gasteiger partial charge in [0.05, 0.1) is 43.6 Å². The van der Waals surface area contributed by atoms with Crippen LogP contribution in [0.1, 0.15) is 37.9 Å². The lowest BCUT2D eigenvalue weighted by Crippen LogP contribution is -2.37. The fourth-order valence-electron chi connectivity index (χ4n) is 4.84. The maximum Gasteiger partial charge on any atom is 0.296 e. The molecule has 1 saturated heterocycles. The third kappa shape index (κ3) is 5.58. The SMILES string of the molecule is COCCOC1CCC(Nc2nc(N3CCOCC3)cc(-n3c(C(F)F)nc4ccccc43)n2)CC1. The van der Waals surface area contributed by atoms with Gasteiger partial charge in [0.1, 0.15) is 11.6 Å². The van der Waals surface area contributed by atoms with Crippen LogP contribution in [0.15, 0.2) is 30.3 Å². The van der Waals surface area contributed by atoms with Crippen molar-refractivity contribution in [3.05, 3.63) is 36.2 Å². The Bertz CT molecular complexity index is 1150. The van der Waals surface area contributed by atoms with Gasteiger partial charge in [0.2, 0.25) is 5.95 Å². The Balaban J connectivity index is 1.44. The lowest BCUT2D eigenvalue weighted by Gasteiger charge is -2.30. The maximum absolute atomic E-state index is 14.0. The van der Waals surface area contributed by atoms with E-state index in [1.807, 2.05) is 6.07 Å². The summed E-state index contributed by atoms with van der Waals surface area (Å²) in [6, 6.07) is 9.05. The minimum absolute atomic E-state index is 0.175. The van der Waals surface area contributed by atoms with E-state index in [4.69, 9.17) is 24.2 Å². The van der Waals surface area contributed by atoms with E-state index < -0.39 is 6.43 Å². The van der Waals surface area contributed by atoms with Crippen LogP contribution in [0.4, 0.5) is 20.5 Å². The Morgan fingerprint density at radius 1 is 1.03 bits per heavy atom. The highest BCUT2D eigenvalue weighted by Crippen LogP contribution is 2.30. The molecule has 0 radical (unpaired) electrons. The smallest absolute Gasteiger partial charge is 0.296 e. The highest BCUT2D eigenvalue weighted by molar-refractivity contribution is 5.78. The number of nitrogens with zero attached hydrogens (tertiary/aromatic N) is 5. The Labute approximate surface area is 208 Å². The monoisotopic (exact) mass is 502 g/mol. The number of benzene rings is 1. The van der Waals surface area contributed by atoms with Crippen LogP contribution >= 0.6 is 0 Å². The van der Waals surface area contributed by atoms with Crippen molar-refractivity contribution in [1.29, 1.82) is 0 Å². The average Bonchev–Trinajstić information content (AvgIpc) is 3.30. The van der Waals surface area contributed by atoms with Crippen molar-refractivity contribution in [2.45, 2.75) is 44.3 Å². The summed E-state index contributed by atoms with van der Waals surface area (Å²) in [6.07, 6.45) is 1.16. The normalized spacial score (nSPS) is 20.8. The van der Waals surface area contributed by atoms with Crippen LogP contribution < -0.4 is 10.2 Å². The number of hydrogen-bond donors (Lipinski definition) is 1. The molecule has 36 heavy (non-hydrogen) atoms. The van der Waals surface area contributed by atoms with Gasteiger partial charge in [0, 0.05) is 32.3 Å². The number of rotatable bonds is 9. The fourth-order valence-corrected chi connectivity index (χ4v) is 4.84. The van der Waals surface area contributed by atoms with Crippen molar-refractivity contribution in [2.75, 3.05) is 56.8 Å². The number of anilines is 2. The van der Waals surface area contributed by atoms with Gasteiger partial charge >= 0.3 is 0 Å². The summed E-state index contributed by atoms with van der Waals surface area (Å²) in [4.78, 5) is 15.8. The fraction of sp³-hybridized carbons (Fsp3) is 0.560. The molecule has 0 unspecified atom stereocenters. The number of imidazole rings is 1. The van der Waals surface area contributed by atoms with Crippen LogP contribution in [-0.2, 0) is 14.2 Å². The Hall–Kier alpha value is -2.89. The standard InChI is InChI=1S/C25H32F2N6O3/c1-34-14-15-36-18-8-6-17(7-9-18)28-25-30-21(32-10-12-35-13-11-32)16-22(31-25)33-20-5-3-2-4-19(20)29-24(33)23(26)27/h2-5,16-18,23H,6-15H2,1H3,(H,28,30,31). The number of hydrogen-bond acceptors (Lipinski definition) is 8. The second-order valence-electron chi connectivity index (χ2n) is 9.08. The van der Waals surface area contributed by atoms with Crippen molar-refractivity contribution in [3.63, 3.8) is 0 Å². The lowest BCUT2D eigenvalue weighted by atomic mass is 9.93. The van der Waals surface area contributed by atoms with Crippen LogP contribution in [0, 0.1) is 0 Å². The molecule has 2 aromatic heterocycles. The zero-order valence-electron chi connectivity index (χ0n) is 20.4. The van der Waals surface area contributed by atoms with E-state index in [0.717, 1.165) is 25.7 Å². The van der Waals surface area contributed by atoms with Crippen LogP contribution in [0.25, 0.3) is 16.9 Å². The molecule has 1 aliphatic carbocycles. The molecule has 0 amide bonds. The van der Waals surface area contributed by atoms with Gasteiger partial charge in [-0.1, -0.05) is 12.1 Å². The second-order valence-corrected chi connectivity index (χ2v) is 9.08. The number of nitrogens with one attached hydrogen (secondary N) is 1. The van der Waals surface area contributed by atoms with E-state index in [0.29, 0.717) is 68.1 Å². The van der Waals surface area contributed by atoms with E-state index in [1.54, 1.807) is 31.4 Å². The van der Waals surface area contributed by atoms with Gasteiger partial charge in [-0.25, -0.2) is 13.8 Å². The molecule has 1 N–H and O–H groups in total. The number of fused-ring (bicyclic) bond motifs is 1. The molecule has 2 aliphatic rings. The van der Waals surface area contributed by atoms with Gasteiger partial charge in [-0.3, -0.25) is 4.57 Å².